The van der Waals surface area contributed by atoms with Crippen molar-refractivity contribution in [2.24, 2.45) is 0 Å². The molecular formula is C19H17BrN4O5. The third-order valence-corrected chi connectivity index (χ3v) is 4.30. The fourth-order valence-corrected chi connectivity index (χ4v) is 2.70. The Morgan fingerprint density at radius 1 is 1.17 bits per heavy atom. The van der Waals surface area contributed by atoms with E-state index in [0.29, 0.717) is 18.1 Å². The first kappa shape index (κ1) is 20.3. The lowest BCUT2D eigenvalue weighted by Gasteiger charge is -2.08. The maximum Gasteiger partial charge on any atom is 0.296 e. The lowest BCUT2D eigenvalue weighted by molar-refractivity contribution is -0.384. The first-order valence-corrected chi connectivity index (χ1v) is 9.40. The van der Waals surface area contributed by atoms with E-state index in [1.807, 2.05) is 12.1 Å². The normalized spacial score (nSPS) is 10.4. The highest BCUT2D eigenvalue weighted by molar-refractivity contribution is 9.10. The second-order valence-corrected chi connectivity index (χ2v) is 6.71. The van der Waals surface area contributed by atoms with Gasteiger partial charge in [0.2, 0.25) is 0 Å². The van der Waals surface area contributed by atoms with Crippen LogP contribution >= 0.6 is 15.9 Å². The van der Waals surface area contributed by atoms with Crippen LogP contribution in [0.1, 0.15) is 17.4 Å². The van der Waals surface area contributed by atoms with Gasteiger partial charge in [-0.15, -0.1) is 0 Å². The quantitative estimate of drug-likeness (QED) is 0.397. The number of carbonyl (C=O) groups is 1. The van der Waals surface area contributed by atoms with Gasteiger partial charge in [0.1, 0.15) is 17.2 Å². The SMILES string of the molecule is CCOc1ccc(NC(=O)c2ccn(COc3ccc(Br)cc3)n2)c([N+](=O)[O-])c1. The van der Waals surface area contributed by atoms with Crippen molar-refractivity contribution in [3.8, 4) is 11.5 Å². The van der Waals surface area contributed by atoms with E-state index in [1.165, 1.54) is 22.9 Å². The Kier molecular flexibility index (Phi) is 6.45. The van der Waals surface area contributed by atoms with Gasteiger partial charge in [0, 0.05) is 10.7 Å². The summed E-state index contributed by atoms with van der Waals surface area (Å²) in [5.74, 6) is 0.436. The fourth-order valence-electron chi connectivity index (χ4n) is 2.44. The zero-order chi connectivity index (χ0) is 20.8. The third-order valence-electron chi connectivity index (χ3n) is 3.78. The van der Waals surface area contributed by atoms with Crippen LogP contribution in [0, 0.1) is 10.1 Å². The number of halogens is 1. The highest BCUT2D eigenvalue weighted by Gasteiger charge is 2.19. The van der Waals surface area contributed by atoms with E-state index < -0.39 is 10.8 Å². The van der Waals surface area contributed by atoms with E-state index >= 15 is 0 Å². The number of hydrogen-bond acceptors (Lipinski definition) is 6. The van der Waals surface area contributed by atoms with Crippen molar-refractivity contribution < 1.29 is 19.2 Å². The average molecular weight is 461 g/mol. The summed E-state index contributed by atoms with van der Waals surface area (Å²) in [5.41, 5.74) is -0.0981. The number of nitrogens with one attached hydrogen (secondary N) is 1. The predicted molar refractivity (Wildman–Crippen MR) is 109 cm³/mol. The number of rotatable bonds is 8. The van der Waals surface area contributed by atoms with Gasteiger partial charge < -0.3 is 14.8 Å². The van der Waals surface area contributed by atoms with Crippen molar-refractivity contribution in [1.29, 1.82) is 0 Å². The van der Waals surface area contributed by atoms with Gasteiger partial charge in [0.15, 0.2) is 12.4 Å². The second kappa shape index (κ2) is 9.20. The van der Waals surface area contributed by atoms with E-state index in [2.05, 4.69) is 26.3 Å². The molecule has 1 heterocycles. The molecule has 1 aromatic heterocycles. The van der Waals surface area contributed by atoms with Crippen molar-refractivity contribution in [2.75, 3.05) is 11.9 Å². The zero-order valence-electron chi connectivity index (χ0n) is 15.4. The summed E-state index contributed by atoms with van der Waals surface area (Å²) in [6.07, 6.45) is 1.58. The molecule has 29 heavy (non-hydrogen) atoms. The van der Waals surface area contributed by atoms with Crippen molar-refractivity contribution in [1.82, 2.24) is 9.78 Å². The van der Waals surface area contributed by atoms with Gasteiger partial charge in [0.05, 0.1) is 17.6 Å². The van der Waals surface area contributed by atoms with Crippen LogP contribution in [0.15, 0.2) is 59.2 Å². The number of amides is 1. The number of carbonyl (C=O) groups excluding carboxylic acids is 1. The summed E-state index contributed by atoms with van der Waals surface area (Å²) in [4.78, 5) is 23.2. The Balaban J connectivity index is 1.67. The minimum atomic E-state index is -0.581. The van der Waals surface area contributed by atoms with E-state index in [-0.39, 0.29) is 23.8 Å². The van der Waals surface area contributed by atoms with Gasteiger partial charge in [-0.3, -0.25) is 14.9 Å². The molecule has 0 atom stereocenters. The van der Waals surface area contributed by atoms with Crippen LogP contribution in [0.3, 0.4) is 0 Å². The Morgan fingerprint density at radius 3 is 2.59 bits per heavy atom. The molecule has 0 spiro atoms. The lowest BCUT2D eigenvalue weighted by atomic mass is 10.2. The maximum atomic E-state index is 12.4. The minimum absolute atomic E-state index is 0.0594. The molecule has 10 heteroatoms. The van der Waals surface area contributed by atoms with Crippen LogP contribution in [-0.4, -0.2) is 27.2 Å². The molecule has 0 bridgehead atoms. The maximum absolute atomic E-state index is 12.4. The van der Waals surface area contributed by atoms with E-state index in [9.17, 15) is 14.9 Å². The monoisotopic (exact) mass is 460 g/mol. The van der Waals surface area contributed by atoms with Crippen molar-refractivity contribution >= 4 is 33.2 Å². The number of anilines is 1. The van der Waals surface area contributed by atoms with Crippen LogP contribution in [0.25, 0.3) is 0 Å². The van der Waals surface area contributed by atoms with Crippen LogP contribution in [0.4, 0.5) is 11.4 Å². The van der Waals surface area contributed by atoms with E-state index in [4.69, 9.17) is 9.47 Å². The molecule has 9 nitrogen and oxygen atoms in total. The van der Waals surface area contributed by atoms with Crippen molar-refractivity contribution in [3.63, 3.8) is 0 Å². The smallest absolute Gasteiger partial charge is 0.296 e. The molecule has 0 aliphatic heterocycles. The van der Waals surface area contributed by atoms with Crippen LogP contribution in [-0.2, 0) is 6.73 Å². The Labute approximate surface area is 174 Å². The molecule has 1 amide bonds. The topological polar surface area (TPSA) is 109 Å². The summed E-state index contributed by atoms with van der Waals surface area (Å²) < 4.78 is 13.2. The Morgan fingerprint density at radius 2 is 1.90 bits per heavy atom. The number of benzene rings is 2. The van der Waals surface area contributed by atoms with Crippen LogP contribution < -0.4 is 14.8 Å². The summed E-state index contributed by atoms with van der Waals surface area (Å²) in [6.45, 7) is 2.26. The van der Waals surface area contributed by atoms with Gasteiger partial charge in [-0.1, -0.05) is 15.9 Å². The van der Waals surface area contributed by atoms with Gasteiger partial charge in [-0.2, -0.15) is 5.10 Å². The number of nitrogens with zero attached hydrogens (tertiary/aromatic N) is 3. The lowest BCUT2D eigenvalue weighted by Crippen LogP contribution is -2.15. The average Bonchev–Trinajstić information content (AvgIpc) is 3.18. The molecule has 1 N–H and O–H groups in total. The molecule has 0 aliphatic carbocycles. The summed E-state index contributed by atoms with van der Waals surface area (Å²) in [5, 5.41) is 17.9. The molecule has 0 aliphatic rings. The van der Waals surface area contributed by atoms with Gasteiger partial charge in [-0.25, -0.2) is 4.68 Å². The Hall–Kier alpha value is -3.40. The van der Waals surface area contributed by atoms with Crippen molar-refractivity contribution in [2.45, 2.75) is 13.7 Å². The van der Waals surface area contributed by atoms with Gasteiger partial charge in [0.25, 0.3) is 11.6 Å². The predicted octanol–water partition coefficient (Wildman–Crippen LogP) is 4.24. The second-order valence-electron chi connectivity index (χ2n) is 5.79. The molecule has 150 valence electrons. The minimum Gasteiger partial charge on any atom is -0.494 e. The molecule has 2 aromatic carbocycles. The molecule has 3 aromatic rings. The summed E-state index contributed by atoms with van der Waals surface area (Å²) >= 11 is 3.35. The van der Waals surface area contributed by atoms with Crippen LogP contribution in [0.2, 0.25) is 0 Å². The molecule has 0 saturated heterocycles. The molecular weight excluding hydrogens is 444 g/mol. The number of aromatic nitrogens is 2. The fraction of sp³-hybridized carbons (Fsp3) is 0.158. The van der Waals surface area contributed by atoms with Gasteiger partial charge in [-0.05, 0) is 49.4 Å². The van der Waals surface area contributed by atoms with E-state index in [0.717, 1.165) is 4.47 Å². The number of nitro benzene ring substituents is 1. The molecule has 0 fully saturated rings. The summed E-state index contributed by atoms with van der Waals surface area (Å²) in [6, 6.07) is 13.0. The third kappa shape index (κ3) is 5.32. The number of ether oxygens (including phenoxy) is 2. The largest absolute Gasteiger partial charge is 0.494 e. The van der Waals surface area contributed by atoms with Gasteiger partial charge >= 0.3 is 0 Å². The number of hydrogen-bond donors (Lipinski definition) is 1. The zero-order valence-corrected chi connectivity index (χ0v) is 17.0. The summed E-state index contributed by atoms with van der Waals surface area (Å²) in [7, 11) is 0. The Bertz CT molecular complexity index is 1020. The molecule has 0 unspecified atom stereocenters. The molecule has 0 radical (unpaired) electrons. The first-order chi connectivity index (χ1) is 14.0. The molecule has 0 saturated carbocycles. The first-order valence-electron chi connectivity index (χ1n) is 8.60. The standard InChI is InChI=1S/C19H17BrN4O5/c1-2-28-15-7-8-16(18(11-15)24(26)27)21-19(25)17-9-10-23(22-17)12-29-14-5-3-13(20)4-6-14/h3-11H,2,12H2,1H3,(H,21,25). The highest BCUT2D eigenvalue weighted by Crippen LogP contribution is 2.29. The number of nitro groups is 1. The highest BCUT2D eigenvalue weighted by atomic mass is 79.9. The van der Waals surface area contributed by atoms with E-state index in [1.54, 1.807) is 31.3 Å². The van der Waals surface area contributed by atoms with Crippen molar-refractivity contribution in [3.05, 3.63) is 75.0 Å². The van der Waals surface area contributed by atoms with Crippen LogP contribution in [0.5, 0.6) is 11.5 Å². The molecule has 3 rings (SSSR count).